The number of carbonyl (C=O) groups is 1. The molecule has 2 aliphatic carbocycles. The average molecular weight is 273 g/mol. The Bertz CT molecular complexity index is 468. The zero-order valence-corrected chi connectivity index (χ0v) is 12.1. The summed E-state index contributed by atoms with van der Waals surface area (Å²) in [6, 6.07) is 1.86. The van der Waals surface area contributed by atoms with Crippen molar-refractivity contribution in [3.63, 3.8) is 0 Å². The average Bonchev–Trinajstić information content (AvgIpc) is 3.33. The lowest BCUT2D eigenvalue weighted by atomic mass is 9.98. The summed E-state index contributed by atoms with van der Waals surface area (Å²) in [5, 5.41) is 6.34. The molecular formula is C16H23N3O. The van der Waals surface area contributed by atoms with E-state index in [1.807, 2.05) is 13.0 Å². The van der Waals surface area contributed by atoms with E-state index in [1.165, 1.54) is 25.7 Å². The number of pyridine rings is 1. The van der Waals surface area contributed by atoms with Gasteiger partial charge in [-0.25, -0.2) is 0 Å². The second-order valence-corrected chi connectivity index (χ2v) is 6.00. The van der Waals surface area contributed by atoms with E-state index in [0.717, 1.165) is 30.6 Å². The Morgan fingerprint density at radius 1 is 1.35 bits per heavy atom. The predicted octanol–water partition coefficient (Wildman–Crippen LogP) is 2.68. The van der Waals surface area contributed by atoms with E-state index < -0.39 is 0 Å². The van der Waals surface area contributed by atoms with Gasteiger partial charge in [0.15, 0.2) is 0 Å². The van der Waals surface area contributed by atoms with Crippen LogP contribution in [0.1, 0.15) is 43.0 Å². The van der Waals surface area contributed by atoms with Crippen molar-refractivity contribution in [2.24, 2.45) is 17.8 Å². The van der Waals surface area contributed by atoms with E-state index >= 15 is 0 Å². The molecule has 0 spiro atoms. The zero-order valence-electron chi connectivity index (χ0n) is 12.1. The molecule has 0 aliphatic heterocycles. The summed E-state index contributed by atoms with van der Waals surface area (Å²) >= 11 is 0. The first-order chi connectivity index (χ1) is 9.79. The number of amides is 1. The molecular weight excluding hydrogens is 250 g/mol. The molecule has 4 heteroatoms. The van der Waals surface area contributed by atoms with Crippen molar-refractivity contribution >= 4 is 11.6 Å². The molecule has 108 valence electrons. The van der Waals surface area contributed by atoms with Gasteiger partial charge < -0.3 is 10.6 Å². The second kappa shape index (κ2) is 5.81. The molecule has 2 saturated carbocycles. The number of carbonyl (C=O) groups excluding carboxylic acids is 1. The molecule has 0 unspecified atom stereocenters. The summed E-state index contributed by atoms with van der Waals surface area (Å²) in [5.74, 6) is 2.44. The fraction of sp³-hybridized carbons (Fsp3) is 0.625. The Balaban J connectivity index is 1.60. The topological polar surface area (TPSA) is 54.0 Å². The van der Waals surface area contributed by atoms with Crippen LogP contribution >= 0.6 is 0 Å². The van der Waals surface area contributed by atoms with Gasteiger partial charge in [-0.1, -0.05) is 0 Å². The van der Waals surface area contributed by atoms with Crippen molar-refractivity contribution in [1.29, 1.82) is 0 Å². The third kappa shape index (κ3) is 3.11. The van der Waals surface area contributed by atoms with E-state index in [4.69, 9.17) is 0 Å². The van der Waals surface area contributed by atoms with Crippen LogP contribution in [0.15, 0.2) is 18.5 Å². The molecule has 1 amide bonds. The lowest BCUT2D eigenvalue weighted by molar-refractivity contribution is 0.0944. The first kappa shape index (κ1) is 13.4. The molecule has 4 nitrogen and oxygen atoms in total. The lowest BCUT2D eigenvalue weighted by Gasteiger charge is -2.17. The maximum atomic E-state index is 12.3. The van der Waals surface area contributed by atoms with Crippen LogP contribution < -0.4 is 10.6 Å². The second-order valence-electron chi connectivity index (χ2n) is 6.00. The predicted molar refractivity (Wildman–Crippen MR) is 79.7 cm³/mol. The molecule has 0 aromatic carbocycles. The van der Waals surface area contributed by atoms with E-state index in [9.17, 15) is 4.79 Å². The molecule has 3 rings (SSSR count). The first-order valence-electron chi connectivity index (χ1n) is 7.75. The standard InChI is InChI=1S/C16H23N3O/c1-2-18-15-7-8-17-9-14(15)16(20)19-10-13(11-3-4-11)12-5-6-12/h7-9,11-13H,2-6,10H2,1H3,(H,17,18)(H,19,20). The Kier molecular flexibility index (Phi) is 3.90. The fourth-order valence-corrected chi connectivity index (χ4v) is 2.99. The van der Waals surface area contributed by atoms with Crippen LogP contribution in [0.4, 0.5) is 5.69 Å². The number of hydrogen-bond acceptors (Lipinski definition) is 3. The molecule has 1 aromatic rings. The Hall–Kier alpha value is -1.58. The highest BCUT2D eigenvalue weighted by molar-refractivity contribution is 5.99. The van der Waals surface area contributed by atoms with Gasteiger partial charge in [0.2, 0.25) is 0 Å². The quantitative estimate of drug-likeness (QED) is 0.803. The Morgan fingerprint density at radius 3 is 2.65 bits per heavy atom. The van der Waals surface area contributed by atoms with Crippen molar-refractivity contribution in [3.8, 4) is 0 Å². The summed E-state index contributed by atoms with van der Waals surface area (Å²) in [5.41, 5.74) is 1.52. The van der Waals surface area contributed by atoms with Gasteiger partial charge in [-0.2, -0.15) is 0 Å². The van der Waals surface area contributed by atoms with Crippen LogP contribution in [0.2, 0.25) is 0 Å². The van der Waals surface area contributed by atoms with Crippen molar-refractivity contribution in [2.75, 3.05) is 18.4 Å². The molecule has 2 N–H and O–H groups in total. The molecule has 0 saturated heterocycles. The summed E-state index contributed by atoms with van der Waals surface area (Å²) in [6.07, 6.45) is 8.78. The number of hydrogen-bond donors (Lipinski definition) is 2. The van der Waals surface area contributed by atoms with Crippen LogP contribution in [0, 0.1) is 17.8 Å². The number of aromatic nitrogens is 1. The van der Waals surface area contributed by atoms with Crippen molar-refractivity contribution < 1.29 is 4.79 Å². The molecule has 0 radical (unpaired) electrons. The molecule has 20 heavy (non-hydrogen) atoms. The summed E-state index contributed by atoms with van der Waals surface area (Å²) in [7, 11) is 0. The van der Waals surface area contributed by atoms with Crippen LogP contribution in [-0.4, -0.2) is 24.0 Å². The van der Waals surface area contributed by atoms with Gasteiger partial charge in [0.1, 0.15) is 0 Å². The molecule has 2 aliphatic rings. The zero-order chi connectivity index (χ0) is 13.9. The number of anilines is 1. The maximum Gasteiger partial charge on any atom is 0.254 e. The number of rotatable bonds is 7. The minimum absolute atomic E-state index is 0.000324. The van der Waals surface area contributed by atoms with Crippen LogP contribution in [-0.2, 0) is 0 Å². The van der Waals surface area contributed by atoms with Gasteiger partial charge in [-0.05, 0) is 56.4 Å². The van der Waals surface area contributed by atoms with Crippen molar-refractivity contribution in [1.82, 2.24) is 10.3 Å². The lowest BCUT2D eigenvalue weighted by Crippen LogP contribution is -2.31. The minimum atomic E-state index is 0.000324. The van der Waals surface area contributed by atoms with E-state index in [2.05, 4.69) is 15.6 Å². The van der Waals surface area contributed by atoms with Gasteiger partial charge in [-0.15, -0.1) is 0 Å². The van der Waals surface area contributed by atoms with Crippen molar-refractivity contribution in [2.45, 2.75) is 32.6 Å². The summed E-state index contributed by atoms with van der Waals surface area (Å²) < 4.78 is 0. The van der Waals surface area contributed by atoms with E-state index in [-0.39, 0.29) is 5.91 Å². The third-order valence-electron chi connectivity index (χ3n) is 4.39. The fourth-order valence-electron chi connectivity index (χ4n) is 2.99. The molecule has 2 fully saturated rings. The smallest absolute Gasteiger partial charge is 0.254 e. The molecule has 0 bridgehead atoms. The summed E-state index contributed by atoms with van der Waals surface area (Å²) in [6.45, 7) is 3.66. The Morgan fingerprint density at radius 2 is 2.05 bits per heavy atom. The van der Waals surface area contributed by atoms with Crippen molar-refractivity contribution in [3.05, 3.63) is 24.0 Å². The van der Waals surface area contributed by atoms with Gasteiger partial charge in [0.25, 0.3) is 5.91 Å². The minimum Gasteiger partial charge on any atom is -0.385 e. The highest BCUT2D eigenvalue weighted by Crippen LogP contribution is 2.48. The maximum absolute atomic E-state index is 12.3. The van der Waals surface area contributed by atoms with Crippen LogP contribution in [0.3, 0.4) is 0 Å². The molecule has 0 atom stereocenters. The van der Waals surface area contributed by atoms with Crippen LogP contribution in [0.25, 0.3) is 0 Å². The van der Waals surface area contributed by atoms with Gasteiger partial charge in [-0.3, -0.25) is 9.78 Å². The highest BCUT2D eigenvalue weighted by atomic mass is 16.1. The molecule has 1 heterocycles. The van der Waals surface area contributed by atoms with E-state index in [0.29, 0.717) is 11.5 Å². The normalized spacial score (nSPS) is 18.1. The highest BCUT2D eigenvalue weighted by Gasteiger charge is 2.41. The van der Waals surface area contributed by atoms with E-state index in [1.54, 1.807) is 12.4 Å². The SMILES string of the molecule is CCNc1ccncc1C(=O)NCC(C1CC1)C1CC1. The van der Waals surface area contributed by atoms with Gasteiger partial charge in [0, 0.05) is 25.5 Å². The first-order valence-corrected chi connectivity index (χ1v) is 7.75. The number of nitrogens with zero attached hydrogens (tertiary/aromatic N) is 1. The van der Waals surface area contributed by atoms with Crippen LogP contribution in [0.5, 0.6) is 0 Å². The van der Waals surface area contributed by atoms with Gasteiger partial charge in [0.05, 0.1) is 11.3 Å². The summed E-state index contributed by atoms with van der Waals surface area (Å²) in [4.78, 5) is 16.4. The largest absolute Gasteiger partial charge is 0.385 e. The monoisotopic (exact) mass is 273 g/mol. The Labute approximate surface area is 120 Å². The van der Waals surface area contributed by atoms with Gasteiger partial charge >= 0.3 is 0 Å². The third-order valence-corrected chi connectivity index (χ3v) is 4.39. The molecule has 1 aromatic heterocycles. The number of nitrogens with one attached hydrogen (secondary N) is 2.